The highest BCUT2D eigenvalue weighted by Gasteiger charge is 2.23. The first-order chi connectivity index (χ1) is 11.6. The molecule has 0 aromatic heterocycles. The van der Waals surface area contributed by atoms with E-state index in [4.69, 9.17) is 0 Å². The van der Waals surface area contributed by atoms with Crippen LogP contribution in [0.2, 0.25) is 0 Å². The Bertz CT molecular complexity index is 588. The van der Waals surface area contributed by atoms with Crippen molar-refractivity contribution in [3.63, 3.8) is 0 Å². The van der Waals surface area contributed by atoms with Crippen molar-refractivity contribution in [2.75, 3.05) is 38.5 Å². The molecule has 5 nitrogen and oxygen atoms in total. The number of hydrogen-bond donors (Lipinski definition) is 1. The summed E-state index contributed by atoms with van der Waals surface area (Å²) in [4.78, 5) is 29.2. The van der Waals surface area contributed by atoms with Gasteiger partial charge in [-0.15, -0.1) is 0 Å². The molecule has 2 aliphatic rings. The summed E-state index contributed by atoms with van der Waals surface area (Å²) in [7, 11) is 2.12. The first kappa shape index (κ1) is 17.0. The fraction of sp³-hybridized carbons (Fsp3) is 0.579. The van der Waals surface area contributed by atoms with E-state index in [0.717, 1.165) is 51.9 Å². The topological polar surface area (TPSA) is 52.7 Å². The SMILES string of the molecule is CN1CCC(CC(=O)Nc2ccccc2C(=O)N2CCCC2)CC1. The Kier molecular flexibility index (Phi) is 5.51. The number of nitrogens with zero attached hydrogens (tertiary/aromatic N) is 2. The van der Waals surface area contributed by atoms with Gasteiger partial charge in [0, 0.05) is 19.5 Å². The highest BCUT2D eigenvalue weighted by molar-refractivity contribution is 6.03. The molecule has 3 rings (SSSR count). The standard InChI is InChI=1S/C19H27N3O2/c1-21-12-8-15(9-13-21)14-18(23)20-17-7-3-2-6-16(17)19(24)22-10-4-5-11-22/h2-3,6-7,15H,4-5,8-14H2,1H3,(H,20,23). The van der Waals surface area contributed by atoms with Crippen LogP contribution in [-0.4, -0.2) is 54.8 Å². The van der Waals surface area contributed by atoms with Crippen LogP contribution in [0, 0.1) is 5.92 Å². The molecule has 0 unspecified atom stereocenters. The third-order valence-electron chi connectivity index (χ3n) is 5.14. The molecule has 1 aromatic rings. The van der Waals surface area contributed by atoms with Gasteiger partial charge in [0.2, 0.25) is 5.91 Å². The number of para-hydroxylation sites is 1. The number of benzene rings is 1. The smallest absolute Gasteiger partial charge is 0.255 e. The van der Waals surface area contributed by atoms with Crippen LogP contribution in [0.1, 0.15) is 42.5 Å². The summed E-state index contributed by atoms with van der Waals surface area (Å²) in [5.74, 6) is 0.497. The molecular formula is C19H27N3O2. The number of anilines is 1. The predicted octanol–water partition coefficient (Wildman–Crippen LogP) is 2.59. The Morgan fingerprint density at radius 1 is 1.08 bits per heavy atom. The van der Waals surface area contributed by atoms with Crippen molar-refractivity contribution in [2.24, 2.45) is 5.92 Å². The van der Waals surface area contributed by atoms with Gasteiger partial charge < -0.3 is 15.1 Å². The molecule has 0 spiro atoms. The van der Waals surface area contributed by atoms with Crippen LogP contribution in [0.3, 0.4) is 0 Å². The van der Waals surface area contributed by atoms with Gasteiger partial charge >= 0.3 is 0 Å². The van der Waals surface area contributed by atoms with Gasteiger partial charge in [0.15, 0.2) is 0 Å². The minimum absolute atomic E-state index is 0.0197. The molecule has 5 heteroatoms. The zero-order valence-corrected chi connectivity index (χ0v) is 14.5. The maximum Gasteiger partial charge on any atom is 0.255 e. The van der Waals surface area contributed by atoms with E-state index in [2.05, 4.69) is 17.3 Å². The molecule has 2 heterocycles. The minimum atomic E-state index is 0.0197. The molecule has 0 aliphatic carbocycles. The Hall–Kier alpha value is -1.88. The largest absolute Gasteiger partial charge is 0.339 e. The normalized spacial score (nSPS) is 19.5. The predicted molar refractivity (Wildman–Crippen MR) is 95.0 cm³/mol. The van der Waals surface area contributed by atoms with Crippen molar-refractivity contribution in [2.45, 2.75) is 32.1 Å². The van der Waals surface area contributed by atoms with Crippen LogP contribution in [0.15, 0.2) is 24.3 Å². The summed E-state index contributed by atoms with van der Waals surface area (Å²) >= 11 is 0. The first-order valence-corrected chi connectivity index (χ1v) is 9.00. The lowest BCUT2D eigenvalue weighted by atomic mass is 9.93. The number of hydrogen-bond acceptors (Lipinski definition) is 3. The molecule has 0 atom stereocenters. The van der Waals surface area contributed by atoms with Gasteiger partial charge in [-0.25, -0.2) is 0 Å². The van der Waals surface area contributed by atoms with Gasteiger partial charge in [0.05, 0.1) is 11.3 Å². The lowest BCUT2D eigenvalue weighted by molar-refractivity contribution is -0.117. The Balaban J connectivity index is 1.62. The molecule has 2 fully saturated rings. The van der Waals surface area contributed by atoms with Gasteiger partial charge in [-0.3, -0.25) is 9.59 Å². The van der Waals surface area contributed by atoms with E-state index in [1.54, 1.807) is 0 Å². The van der Waals surface area contributed by atoms with Crippen molar-refractivity contribution >= 4 is 17.5 Å². The molecule has 1 aromatic carbocycles. The fourth-order valence-electron chi connectivity index (χ4n) is 3.60. The molecule has 2 amide bonds. The highest BCUT2D eigenvalue weighted by Crippen LogP contribution is 2.23. The Labute approximate surface area is 144 Å². The first-order valence-electron chi connectivity index (χ1n) is 9.00. The van der Waals surface area contributed by atoms with Crippen LogP contribution < -0.4 is 5.32 Å². The van der Waals surface area contributed by atoms with Gasteiger partial charge in [0.1, 0.15) is 0 Å². The monoisotopic (exact) mass is 329 g/mol. The number of carbonyl (C=O) groups is 2. The van der Waals surface area contributed by atoms with Crippen molar-refractivity contribution in [1.82, 2.24) is 9.80 Å². The highest BCUT2D eigenvalue weighted by atomic mass is 16.2. The molecule has 24 heavy (non-hydrogen) atoms. The van der Waals surface area contributed by atoms with Gasteiger partial charge in [0.25, 0.3) is 5.91 Å². The van der Waals surface area contributed by atoms with Crippen LogP contribution >= 0.6 is 0 Å². The summed E-state index contributed by atoms with van der Waals surface area (Å²) in [5.41, 5.74) is 1.25. The molecule has 2 aliphatic heterocycles. The van der Waals surface area contributed by atoms with E-state index in [-0.39, 0.29) is 11.8 Å². The van der Waals surface area contributed by atoms with Crippen molar-refractivity contribution < 1.29 is 9.59 Å². The summed E-state index contributed by atoms with van der Waals surface area (Å²) in [5, 5.41) is 2.97. The van der Waals surface area contributed by atoms with Crippen LogP contribution in [0.4, 0.5) is 5.69 Å². The number of nitrogens with one attached hydrogen (secondary N) is 1. The second kappa shape index (κ2) is 7.79. The van der Waals surface area contributed by atoms with E-state index in [9.17, 15) is 9.59 Å². The Morgan fingerprint density at radius 2 is 1.75 bits per heavy atom. The minimum Gasteiger partial charge on any atom is -0.339 e. The van der Waals surface area contributed by atoms with Crippen molar-refractivity contribution in [1.29, 1.82) is 0 Å². The maximum absolute atomic E-state index is 12.6. The molecule has 0 radical (unpaired) electrons. The van der Waals surface area contributed by atoms with E-state index in [1.165, 1.54) is 0 Å². The fourth-order valence-corrected chi connectivity index (χ4v) is 3.60. The average molecular weight is 329 g/mol. The molecule has 2 saturated heterocycles. The van der Waals surface area contributed by atoms with E-state index in [0.29, 0.717) is 23.6 Å². The zero-order valence-electron chi connectivity index (χ0n) is 14.5. The number of rotatable bonds is 4. The number of carbonyl (C=O) groups excluding carboxylic acids is 2. The number of likely N-dealkylation sites (tertiary alicyclic amines) is 2. The molecule has 0 saturated carbocycles. The van der Waals surface area contributed by atoms with E-state index >= 15 is 0 Å². The van der Waals surface area contributed by atoms with E-state index in [1.807, 2.05) is 29.2 Å². The van der Waals surface area contributed by atoms with Gasteiger partial charge in [-0.1, -0.05) is 12.1 Å². The quantitative estimate of drug-likeness (QED) is 0.924. The Morgan fingerprint density at radius 3 is 2.46 bits per heavy atom. The molecule has 0 bridgehead atoms. The van der Waals surface area contributed by atoms with Crippen molar-refractivity contribution in [3.05, 3.63) is 29.8 Å². The molecule has 1 N–H and O–H groups in total. The van der Waals surface area contributed by atoms with Crippen LogP contribution in [-0.2, 0) is 4.79 Å². The second-order valence-electron chi connectivity index (χ2n) is 7.04. The third-order valence-corrected chi connectivity index (χ3v) is 5.14. The lowest BCUT2D eigenvalue weighted by Gasteiger charge is -2.28. The average Bonchev–Trinajstić information content (AvgIpc) is 3.11. The summed E-state index contributed by atoms with van der Waals surface area (Å²) < 4.78 is 0. The van der Waals surface area contributed by atoms with Gasteiger partial charge in [-0.05, 0) is 63.9 Å². The van der Waals surface area contributed by atoms with Gasteiger partial charge in [-0.2, -0.15) is 0 Å². The summed E-state index contributed by atoms with van der Waals surface area (Å²) in [6.45, 7) is 3.75. The number of piperidine rings is 1. The van der Waals surface area contributed by atoms with Crippen LogP contribution in [0.5, 0.6) is 0 Å². The third kappa shape index (κ3) is 4.15. The zero-order chi connectivity index (χ0) is 16.9. The van der Waals surface area contributed by atoms with Crippen LogP contribution in [0.25, 0.3) is 0 Å². The van der Waals surface area contributed by atoms with E-state index < -0.39 is 0 Å². The maximum atomic E-state index is 12.6. The molecule has 130 valence electrons. The summed E-state index contributed by atoms with van der Waals surface area (Å²) in [6, 6.07) is 7.36. The van der Waals surface area contributed by atoms with Crippen molar-refractivity contribution in [3.8, 4) is 0 Å². The lowest BCUT2D eigenvalue weighted by Crippen LogP contribution is -2.32. The summed E-state index contributed by atoms with van der Waals surface area (Å²) in [6.07, 6.45) is 4.81. The second-order valence-corrected chi connectivity index (χ2v) is 7.04. The number of amides is 2. The molecular weight excluding hydrogens is 302 g/mol.